The Hall–Kier alpha value is -2.99. The molecule has 3 heterocycles. The van der Waals surface area contributed by atoms with Gasteiger partial charge in [0.25, 0.3) is 5.91 Å². The average Bonchev–Trinajstić information content (AvgIpc) is 3.42. The lowest BCUT2D eigenvalue weighted by Crippen LogP contribution is -2.48. The van der Waals surface area contributed by atoms with Gasteiger partial charge in [-0.1, -0.05) is 43.2 Å². The molecule has 3 aromatic rings. The molecule has 0 radical (unpaired) electrons. The van der Waals surface area contributed by atoms with Crippen molar-refractivity contribution in [3.8, 4) is 5.82 Å². The summed E-state index contributed by atoms with van der Waals surface area (Å²) in [6, 6.07) is 16.7. The van der Waals surface area contributed by atoms with Crippen LogP contribution in [0.2, 0.25) is 0 Å². The molecule has 6 nitrogen and oxygen atoms in total. The largest absolute Gasteiger partial charge is 0.349 e. The van der Waals surface area contributed by atoms with Gasteiger partial charge in [-0.05, 0) is 80.8 Å². The van der Waals surface area contributed by atoms with E-state index in [9.17, 15) is 4.79 Å². The number of hydrogen-bond acceptors (Lipinski definition) is 4. The van der Waals surface area contributed by atoms with Crippen LogP contribution in [0.3, 0.4) is 0 Å². The van der Waals surface area contributed by atoms with Crippen molar-refractivity contribution >= 4 is 5.91 Å². The van der Waals surface area contributed by atoms with E-state index in [-0.39, 0.29) is 11.9 Å². The molecule has 5 rings (SSSR count). The van der Waals surface area contributed by atoms with Crippen molar-refractivity contribution in [3.05, 3.63) is 78.2 Å². The third-order valence-corrected chi connectivity index (χ3v) is 7.54. The summed E-state index contributed by atoms with van der Waals surface area (Å²) in [7, 11) is 0. The van der Waals surface area contributed by atoms with Gasteiger partial charge in [-0.15, -0.1) is 0 Å². The predicted octanol–water partition coefficient (Wildman–Crippen LogP) is 4.51. The molecule has 1 saturated carbocycles. The van der Waals surface area contributed by atoms with Gasteiger partial charge in [-0.2, -0.15) is 5.10 Å². The first-order chi connectivity index (χ1) is 16.7. The lowest BCUT2D eigenvalue weighted by atomic mass is 9.83. The molecule has 6 heteroatoms. The minimum Gasteiger partial charge on any atom is -0.349 e. The Morgan fingerprint density at radius 1 is 0.971 bits per heavy atom. The van der Waals surface area contributed by atoms with Crippen molar-refractivity contribution in [1.82, 2.24) is 25.0 Å². The van der Waals surface area contributed by atoms with E-state index < -0.39 is 0 Å². The zero-order valence-corrected chi connectivity index (χ0v) is 19.9. The number of nitrogens with one attached hydrogen (secondary N) is 1. The normalized spacial score (nSPS) is 21.9. The summed E-state index contributed by atoms with van der Waals surface area (Å²) in [6.45, 7) is 3.44. The topological polar surface area (TPSA) is 63.1 Å². The quantitative estimate of drug-likeness (QED) is 0.567. The summed E-state index contributed by atoms with van der Waals surface area (Å²) in [4.78, 5) is 20.0. The van der Waals surface area contributed by atoms with Crippen LogP contribution >= 0.6 is 0 Å². The molecule has 1 aromatic carbocycles. The van der Waals surface area contributed by atoms with Crippen molar-refractivity contribution in [2.45, 2.75) is 51.0 Å². The van der Waals surface area contributed by atoms with Crippen LogP contribution in [0, 0.1) is 11.8 Å². The van der Waals surface area contributed by atoms with Gasteiger partial charge in [-0.25, -0.2) is 9.67 Å². The molecule has 34 heavy (non-hydrogen) atoms. The summed E-state index contributed by atoms with van der Waals surface area (Å²) in [5.41, 5.74) is 2.07. The fourth-order valence-corrected chi connectivity index (χ4v) is 5.58. The minimum absolute atomic E-state index is 0.0158. The predicted molar refractivity (Wildman–Crippen MR) is 134 cm³/mol. The van der Waals surface area contributed by atoms with Crippen molar-refractivity contribution in [2.75, 3.05) is 19.6 Å². The van der Waals surface area contributed by atoms with Crippen molar-refractivity contribution in [3.63, 3.8) is 0 Å². The van der Waals surface area contributed by atoms with Gasteiger partial charge < -0.3 is 10.2 Å². The second-order valence-electron chi connectivity index (χ2n) is 9.91. The molecule has 1 N–H and O–H groups in total. The zero-order valence-electron chi connectivity index (χ0n) is 19.9. The lowest BCUT2D eigenvalue weighted by Gasteiger charge is -2.39. The molecule has 2 atom stereocenters. The Kier molecular flexibility index (Phi) is 7.34. The van der Waals surface area contributed by atoms with Crippen LogP contribution < -0.4 is 5.32 Å². The van der Waals surface area contributed by atoms with Crippen LogP contribution in [-0.4, -0.2) is 51.2 Å². The molecule has 1 aliphatic carbocycles. The number of carbonyl (C=O) groups excluding carboxylic acids is 1. The van der Waals surface area contributed by atoms with E-state index >= 15 is 0 Å². The van der Waals surface area contributed by atoms with E-state index in [1.807, 2.05) is 24.4 Å². The van der Waals surface area contributed by atoms with Gasteiger partial charge in [0.2, 0.25) is 0 Å². The van der Waals surface area contributed by atoms with Crippen LogP contribution in [0.15, 0.2) is 67.1 Å². The lowest BCUT2D eigenvalue weighted by molar-refractivity contribution is 0.0865. The van der Waals surface area contributed by atoms with Crippen molar-refractivity contribution in [1.29, 1.82) is 0 Å². The maximum Gasteiger partial charge on any atom is 0.253 e. The zero-order chi connectivity index (χ0) is 23.2. The van der Waals surface area contributed by atoms with Gasteiger partial charge >= 0.3 is 0 Å². The van der Waals surface area contributed by atoms with Gasteiger partial charge in [0.1, 0.15) is 0 Å². The smallest absolute Gasteiger partial charge is 0.253 e. The van der Waals surface area contributed by atoms with Crippen molar-refractivity contribution < 1.29 is 4.79 Å². The van der Waals surface area contributed by atoms with Gasteiger partial charge in [-0.3, -0.25) is 4.79 Å². The van der Waals surface area contributed by atoms with Gasteiger partial charge in [0.15, 0.2) is 5.82 Å². The Labute approximate surface area is 202 Å². The Balaban J connectivity index is 1.13. The molecule has 2 aromatic heterocycles. The highest BCUT2D eigenvalue weighted by atomic mass is 16.1. The Morgan fingerprint density at radius 3 is 2.53 bits per heavy atom. The number of pyridine rings is 1. The molecule has 2 aliphatic rings. The average molecular weight is 458 g/mol. The highest BCUT2D eigenvalue weighted by molar-refractivity contribution is 5.94. The van der Waals surface area contributed by atoms with E-state index in [4.69, 9.17) is 0 Å². The van der Waals surface area contributed by atoms with E-state index in [1.165, 1.54) is 57.2 Å². The maximum absolute atomic E-state index is 13.0. The van der Waals surface area contributed by atoms with E-state index in [1.54, 1.807) is 17.1 Å². The highest BCUT2D eigenvalue weighted by Crippen LogP contribution is 2.28. The molecule has 1 saturated heterocycles. The Bertz CT molecular complexity index is 1030. The van der Waals surface area contributed by atoms with E-state index in [0.717, 1.165) is 18.9 Å². The first-order valence-corrected chi connectivity index (χ1v) is 12.8. The summed E-state index contributed by atoms with van der Waals surface area (Å²) < 4.78 is 1.70. The van der Waals surface area contributed by atoms with Gasteiger partial charge in [0.05, 0.1) is 5.56 Å². The number of benzene rings is 1. The second kappa shape index (κ2) is 11.0. The highest BCUT2D eigenvalue weighted by Gasteiger charge is 2.30. The number of carbonyl (C=O) groups is 1. The molecule has 178 valence electrons. The fourth-order valence-electron chi connectivity index (χ4n) is 5.58. The standard InChI is InChI=1S/C28H35N5O/c34-28(24-11-12-27(29-20-24)33-16-6-15-30-33)31-26-10-5-4-9-25(26)21-32-17-13-23(14-18-32)19-22-7-2-1-3-8-22/h1-3,6-8,11-12,15-16,20,23,25-26H,4-5,9-10,13-14,17-19,21H2,(H,31,34)/t25-,26+/m0/s1. The molecule has 0 spiro atoms. The number of rotatable bonds is 7. The Morgan fingerprint density at radius 2 is 1.79 bits per heavy atom. The van der Waals surface area contributed by atoms with Crippen molar-refractivity contribution in [2.24, 2.45) is 11.8 Å². The third-order valence-electron chi connectivity index (χ3n) is 7.54. The summed E-state index contributed by atoms with van der Waals surface area (Å²) in [6.07, 6.45) is 13.7. The summed E-state index contributed by atoms with van der Waals surface area (Å²) in [5, 5.41) is 7.54. The summed E-state index contributed by atoms with van der Waals surface area (Å²) >= 11 is 0. The number of hydrogen-bond donors (Lipinski definition) is 1. The minimum atomic E-state index is -0.0158. The summed E-state index contributed by atoms with van der Waals surface area (Å²) in [5.74, 6) is 2.02. The number of aromatic nitrogens is 3. The fraction of sp³-hybridized carbons (Fsp3) is 0.464. The molecule has 1 aliphatic heterocycles. The number of amides is 1. The third kappa shape index (κ3) is 5.73. The maximum atomic E-state index is 13.0. The molecule has 0 bridgehead atoms. The molecule has 1 amide bonds. The second-order valence-corrected chi connectivity index (χ2v) is 9.91. The van der Waals surface area contributed by atoms with Gasteiger partial charge in [0, 0.05) is 31.2 Å². The first-order valence-electron chi connectivity index (χ1n) is 12.8. The number of likely N-dealkylation sites (tertiary alicyclic amines) is 1. The molecule has 0 unspecified atom stereocenters. The van der Waals surface area contributed by atoms with Crippen LogP contribution in [0.5, 0.6) is 0 Å². The van der Waals surface area contributed by atoms with E-state index in [2.05, 4.69) is 50.6 Å². The van der Waals surface area contributed by atoms with Crippen LogP contribution in [0.4, 0.5) is 0 Å². The van der Waals surface area contributed by atoms with Crippen LogP contribution in [0.25, 0.3) is 5.82 Å². The van der Waals surface area contributed by atoms with E-state index in [0.29, 0.717) is 17.3 Å². The first kappa shape index (κ1) is 22.8. The molecule has 2 fully saturated rings. The SMILES string of the molecule is O=C(N[C@@H]1CCCC[C@H]1CN1CCC(Cc2ccccc2)CC1)c1ccc(-n2cccn2)nc1. The molecular weight excluding hydrogens is 422 g/mol. The molecular formula is C28H35N5O. The van der Waals surface area contributed by atoms with Crippen LogP contribution in [0.1, 0.15) is 54.4 Å². The van der Waals surface area contributed by atoms with Crippen LogP contribution in [-0.2, 0) is 6.42 Å². The number of piperidine rings is 1. The number of nitrogens with zero attached hydrogens (tertiary/aromatic N) is 4. The monoisotopic (exact) mass is 457 g/mol.